The zero-order valence-electron chi connectivity index (χ0n) is 15.5. The van der Waals surface area contributed by atoms with Crippen molar-refractivity contribution in [2.45, 2.75) is 58.1 Å². The van der Waals surface area contributed by atoms with Gasteiger partial charge >= 0.3 is 6.09 Å². The Morgan fingerprint density at radius 1 is 1.24 bits per heavy atom. The summed E-state index contributed by atoms with van der Waals surface area (Å²) in [5.41, 5.74) is 1.25. The third-order valence-electron chi connectivity index (χ3n) is 5.00. The Hall–Kier alpha value is -2.04. The Morgan fingerprint density at radius 3 is 2.68 bits per heavy atom. The lowest BCUT2D eigenvalue weighted by Crippen LogP contribution is -2.50. The lowest BCUT2D eigenvalue weighted by molar-refractivity contribution is 0.00324. The summed E-state index contributed by atoms with van der Waals surface area (Å²) in [6.45, 7) is 6.26. The first-order valence-electron chi connectivity index (χ1n) is 9.01. The predicted molar refractivity (Wildman–Crippen MR) is 95.1 cm³/mol. The molecule has 0 spiro atoms. The molecule has 25 heavy (non-hydrogen) atoms. The average Bonchev–Trinajstić information content (AvgIpc) is 2.89. The summed E-state index contributed by atoms with van der Waals surface area (Å²) >= 11 is 0. The maximum absolute atomic E-state index is 13.0. The van der Waals surface area contributed by atoms with Crippen molar-refractivity contribution in [3.63, 3.8) is 0 Å². The largest absolute Gasteiger partial charge is 0.497 e. The smallest absolute Gasteiger partial charge is 0.410 e. The van der Waals surface area contributed by atoms with Crippen molar-refractivity contribution >= 4 is 11.9 Å². The number of nitrogens with zero attached hydrogens (tertiary/aromatic N) is 1. The molecule has 1 amide bonds. The van der Waals surface area contributed by atoms with Gasteiger partial charge in [0, 0.05) is 24.1 Å². The summed E-state index contributed by atoms with van der Waals surface area (Å²) in [5, 5.41) is 0. The molecule has 5 heteroatoms. The molecule has 2 aliphatic rings. The molecule has 1 saturated heterocycles. The van der Waals surface area contributed by atoms with Crippen molar-refractivity contribution in [3.8, 4) is 5.75 Å². The van der Waals surface area contributed by atoms with Crippen LogP contribution in [-0.4, -0.2) is 42.1 Å². The number of hydrogen-bond acceptors (Lipinski definition) is 4. The zero-order chi connectivity index (χ0) is 18.2. The van der Waals surface area contributed by atoms with Gasteiger partial charge in [0.15, 0.2) is 5.78 Å². The number of ether oxygens (including phenoxy) is 2. The number of likely N-dealkylation sites (tertiary alicyclic amines) is 1. The second kappa shape index (κ2) is 6.70. The number of fused-ring (bicyclic) bond motifs is 1. The van der Waals surface area contributed by atoms with Gasteiger partial charge in [0.05, 0.1) is 7.11 Å². The molecule has 0 saturated carbocycles. The standard InChI is InChI=1S/C20H27NO4/c1-20(2,3)25-19(23)21-10-6-5-7-17(21)16-11-13-8-9-14(24-4)12-15(13)18(16)22/h8-9,12,16-17H,5-7,10-11H2,1-4H3. The van der Waals surface area contributed by atoms with Crippen LogP contribution < -0.4 is 4.74 Å². The number of piperidine rings is 1. The molecule has 0 aromatic heterocycles. The first-order chi connectivity index (χ1) is 11.8. The molecule has 0 bridgehead atoms. The van der Waals surface area contributed by atoms with E-state index in [-0.39, 0.29) is 23.8 Å². The van der Waals surface area contributed by atoms with Gasteiger partial charge in [-0.15, -0.1) is 0 Å². The first-order valence-corrected chi connectivity index (χ1v) is 9.01. The summed E-state index contributed by atoms with van der Waals surface area (Å²) in [7, 11) is 1.60. The fraction of sp³-hybridized carbons (Fsp3) is 0.600. The third kappa shape index (κ3) is 3.65. The van der Waals surface area contributed by atoms with Crippen molar-refractivity contribution < 1.29 is 19.1 Å². The van der Waals surface area contributed by atoms with Crippen LogP contribution >= 0.6 is 0 Å². The minimum atomic E-state index is -0.533. The number of Topliss-reactive ketones (excluding diaryl/α,β-unsaturated/α-hetero) is 1. The van der Waals surface area contributed by atoms with Crippen LogP contribution in [0.2, 0.25) is 0 Å². The highest BCUT2D eigenvalue weighted by Gasteiger charge is 2.42. The fourth-order valence-corrected chi connectivity index (χ4v) is 3.85. The summed E-state index contributed by atoms with van der Waals surface area (Å²) < 4.78 is 10.8. The van der Waals surface area contributed by atoms with Gasteiger partial charge in [-0.3, -0.25) is 4.79 Å². The summed E-state index contributed by atoms with van der Waals surface area (Å²) in [5.74, 6) is 0.629. The molecular weight excluding hydrogens is 318 g/mol. The van der Waals surface area contributed by atoms with Crippen molar-refractivity contribution in [3.05, 3.63) is 29.3 Å². The molecule has 3 rings (SSSR count). The van der Waals surface area contributed by atoms with E-state index in [0.717, 1.165) is 30.4 Å². The Labute approximate surface area is 149 Å². The minimum Gasteiger partial charge on any atom is -0.497 e. The normalized spacial score (nSPS) is 23.4. The van der Waals surface area contributed by atoms with Crippen LogP contribution in [0, 0.1) is 5.92 Å². The van der Waals surface area contributed by atoms with Crippen LogP contribution in [0.3, 0.4) is 0 Å². The van der Waals surface area contributed by atoms with Crippen molar-refractivity contribution in [1.82, 2.24) is 4.90 Å². The molecule has 2 unspecified atom stereocenters. The van der Waals surface area contributed by atoms with Crippen LogP contribution in [0.1, 0.15) is 56.0 Å². The number of carbonyl (C=O) groups excluding carboxylic acids is 2. The third-order valence-corrected chi connectivity index (χ3v) is 5.00. The van der Waals surface area contributed by atoms with E-state index in [4.69, 9.17) is 9.47 Å². The van der Waals surface area contributed by atoms with Crippen molar-refractivity contribution in [2.75, 3.05) is 13.7 Å². The number of carbonyl (C=O) groups is 2. The van der Waals surface area contributed by atoms with E-state index >= 15 is 0 Å². The molecule has 1 heterocycles. The molecule has 5 nitrogen and oxygen atoms in total. The fourth-order valence-electron chi connectivity index (χ4n) is 3.85. The Bertz CT molecular complexity index is 677. The average molecular weight is 345 g/mol. The van der Waals surface area contributed by atoms with E-state index < -0.39 is 5.60 Å². The van der Waals surface area contributed by atoms with Crippen molar-refractivity contribution in [2.24, 2.45) is 5.92 Å². The monoisotopic (exact) mass is 345 g/mol. The summed E-state index contributed by atoms with van der Waals surface area (Å²) in [6.07, 6.45) is 3.21. The summed E-state index contributed by atoms with van der Waals surface area (Å²) in [4.78, 5) is 27.4. The molecule has 1 aliphatic carbocycles. The maximum Gasteiger partial charge on any atom is 0.410 e. The van der Waals surface area contributed by atoms with E-state index in [9.17, 15) is 9.59 Å². The molecule has 0 N–H and O–H groups in total. The number of benzene rings is 1. The first kappa shape index (κ1) is 17.8. The highest BCUT2D eigenvalue weighted by molar-refractivity contribution is 6.03. The van der Waals surface area contributed by atoms with Crippen LogP contribution in [0.5, 0.6) is 5.75 Å². The van der Waals surface area contributed by atoms with E-state index in [1.807, 2.05) is 39.0 Å². The zero-order valence-corrected chi connectivity index (χ0v) is 15.5. The SMILES string of the molecule is COc1ccc2c(c1)C(=O)C(C1CCCCN1C(=O)OC(C)(C)C)C2. The van der Waals surface area contributed by atoms with Gasteiger partial charge in [-0.05, 0) is 64.2 Å². The lowest BCUT2D eigenvalue weighted by Gasteiger charge is -2.39. The molecular formula is C20H27NO4. The van der Waals surface area contributed by atoms with Crippen LogP contribution in [0.15, 0.2) is 18.2 Å². The van der Waals surface area contributed by atoms with Gasteiger partial charge in [-0.2, -0.15) is 0 Å². The molecule has 136 valence electrons. The van der Waals surface area contributed by atoms with Crippen LogP contribution in [0.25, 0.3) is 0 Å². The number of rotatable bonds is 2. The quantitative estimate of drug-likeness (QED) is 0.817. The van der Waals surface area contributed by atoms with Gasteiger partial charge in [-0.25, -0.2) is 4.79 Å². The van der Waals surface area contributed by atoms with Crippen LogP contribution in [-0.2, 0) is 11.2 Å². The Kier molecular flexibility index (Phi) is 4.76. The number of hydrogen-bond donors (Lipinski definition) is 0. The second-order valence-corrected chi connectivity index (χ2v) is 7.93. The van der Waals surface area contributed by atoms with Gasteiger partial charge < -0.3 is 14.4 Å². The molecule has 2 atom stereocenters. The maximum atomic E-state index is 13.0. The second-order valence-electron chi connectivity index (χ2n) is 7.93. The highest BCUT2D eigenvalue weighted by Crippen LogP contribution is 2.36. The Balaban J connectivity index is 1.82. The molecule has 1 aromatic carbocycles. The van der Waals surface area contributed by atoms with Gasteiger partial charge in [0.1, 0.15) is 11.4 Å². The lowest BCUT2D eigenvalue weighted by atomic mass is 9.88. The molecule has 1 aliphatic heterocycles. The van der Waals surface area contributed by atoms with E-state index in [1.54, 1.807) is 12.0 Å². The van der Waals surface area contributed by atoms with Gasteiger partial charge in [0.25, 0.3) is 0 Å². The van der Waals surface area contributed by atoms with Crippen molar-refractivity contribution in [1.29, 1.82) is 0 Å². The van der Waals surface area contributed by atoms with Gasteiger partial charge in [-0.1, -0.05) is 6.07 Å². The minimum absolute atomic E-state index is 0.0884. The number of ketones is 1. The molecule has 1 fully saturated rings. The van der Waals surface area contributed by atoms with Gasteiger partial charge in [0.2, 0.25) is 0 Å². The number of methoxy groups -OCH3 is 1. The molecule has 1 aromatic rings. The topological polar surface area (TPSA) is 55.8 Å². The number of amides is 1. The van der Waals surface area contributed by atoms with E-state index in [1.165, 1.54) is 0 Å². The van der Waals surface area contributed by atoms with E-state index in [2.05, 4.69) is 0 Å². The predicted octanol–water partition coefficient (Wildman–Crippen LogP) is 3.84. The highest BCUT2D eigenvalue weighted by atomic mass is 16.6. The summed E-state index contributed by atoms with van der Waals surface area (Å²) in [6, 6.07) is 5.58. The van der Waals surface area contributed by atoms with Crippen LogP contribution in [0.4, 0.5) is 4.79 Å². The van der Waals surface area contributed by atoms with E-state index in [0.29, 0.717) is 18.7 Å². The molecule has 0 radical (unpaired) electrons. The Morgan fingerprint density at radius 2 is 2.00 bits per heavy atom.